The zero-order valence-electron chi connectivity index (χ0n) is 16.0. The lowest BCUT2D eigenvalue weighted by atomic mass is 10.1. The number of nitrogens with one attached hydrogen (secondary N) is 2. The van der Waals surface area contributed by atoms with Gasteiger partial charge in [-0.2, -0.15) is 13.2 Å². The molecule has 1 aromatic carbocycles. The molecule has 0 radical (unpaired) electrons. The zero-order chi connectivity index (χ0) is 21.4. The SMILES string of the molecule is CCNC(=O)N1CCN(C(=O)CNC(=O)/C=C/c2ccc(C(F)(F)F)cc2)CC1. The van der Waals surface area contributed by atoms with E-state index < -0.39 is 17.6 Å². The quantitative estimate of drug-likeness (QED) is 0.723. The maximum absolute atomic E-state index is 12.5. The molecule has 0 atom stereocenters. The molecule has 0 spiro atoms. The molecule has 1 saturated heterocycles. The molecular formula is C19H23F3N4O3. The molecule has 2 N–H and O–H groups in total. The second-order valence-corrected chi connectivity index (χ2v) is 6.37. The maximum atomic E-state index is 12.5. The van der Waals surface area contributed by atoms with Gasteiger partial charge in [0.25, 0.3) is 0 Å². The molecular weight excluding hydrogens is 389 g/mol. The number of carbonyl (C=O) groups excluding carboxylic acids is 3. The van der Waals surface area contributed by atoms with Crippen LogP contribution < -0.4 is 10.6 Å². The van der Waals surface area contributed by atoms with Crippen LogP contribution in [0.2, 0.25) is 0 Å². The van der Waals surface area contributed by atoms with Gasteiger partial charge in [-0.05, 0) is 30.7 Å². The molecule has 0 unspecified atom stereocenters. The average Bonchev–Trinajstić information content (AvgIpc) is 2.70. The molecule has 158 valence electrons. The minimum atomic E-state index is -4.41. The van der Waals surface area contributed by atoms with Crippen LogP contribution >= 0.6 is 0 Å². The first kappa shape index (κ1) is 22.3. The van der Waals surface area contributed by atoms with E-state index in [1.165, 1.54) is 18.2 Å². The molecule has 2 rings (SSSR count). The van der Waals surface area contributed by atoms with Crippen LogP contribution in [-0.2, 0) is 15.8 Å². The zero-order valence-corrected chi connectivity index (χ0v) is 16.0. The molecule has 0 aliphatic carbocycles. The van der Waals surface area contributed by atoms with Crippen molar-refractivity contribution in [2.75, 3.05) is 39.3 Å². The number of halogens is 3. The van der Waals surface area contributed by atoms with Gasteiger partial charge in [0.15, 0.2) is 0 Å². The summed E-state index contributed by atoms with van der Waals surface area (Å²) in [7, 11) is 0. The number of carbonyl (C=O) groups is 3. The van der Waals surface area contributed by atoms with E-state index in [-0.39, 0.29) is 18.5 Å². The Morgan fingerprint density at radius 3 is 2.14 bits per heavy atom. The molecule has 1 aromatic rings. The van der Waals surface area contributed by atoms with Crippen molar-refractivity contribution in [3.8, 4) is 0 Å². The van der Waals surface area contributed by atoms with Gasteiger partial charge in [-0.25, -0.2) is 4.79 Å². The predicted octanol–water partition coefficient (Wildman–Crippen LogP) is 1.71. The highest BCUT2D eigenvalue weighted by atomic mass is 19.4. The Labute approximate surface area is 166 Å². The Morgan fingerprint density at radius 2 is 1.59 bits per heavy atom. The first-order chi connectivity index (χ1) is 13.7. The lowest BCUT2D eigenvalue weighted by molar-refractivity contribution is -0.137. The number of hydrogen-bond acceptors (Lipinski definition) is 3. The second-order valence-electron chi connectivity index (χ2n) is 6.37. The molecule has 10 heteroatoms. The molecule has 1 aliphatic rings. The standard InChI is InChI=1S/C19H23F3N4O3/c1-2-23-18(29)26-11-9-25(10-12-26)17(28)13-24-16(27)8-5-14-3-6-15(7-4-14)19(20,21)22/h3-8H,2,9-13H2,1H3,(H,23,29)(H,24,27)/b8-5+. The van der Waals surface area contributed by atoms with Gasteiger partial charge in [-0.1, -0.05) is 12.1 Å². The molecule has 7 nitrogen and oxygen atoms in total. The summed E-state index contributed by atoms with van der Waals surface area (Å²) >= 11 is 0. The fraction of sp³-hybridized carbons (Fsp3) is 0.421. The largest absolute Gasteiger partial charge is 0.416 e. The Bertz CT molecular complexity index is 755. The Balaban J connectivity index is 1.75. The lowest BCUT2D eigenvalue weighted by Gasteiger charge is -2.34. The minimum absolute atomic E-state index is 0.165. The summed E-state index contributed by atoms with van der Waals surface area (Å²) < 4.78 is 37.6. The fourth-order valence-corrected chi connectivity index (χ4v) is 2.71. The summed E-state index contributed by atoms with van der Waals surface area (Å²) in [4.78, 5) is 38.9. The number of alkyl halides is 3. The van der Waals surface area contributed by atoms with Crippen molar-refractivity contribution in [2.24, 2.45) is 0 Å². The van der Waals surface area contributed by atoms with E-state index in [1.54, 1.807) is 9.80 Å². The van der Waals surface area contributed by atoms with Gasteiger partial charge in [-0.3, -0.25) is 9.59 Å². The first-order valence-electron chi connectivity index (χ1n) is 9.14. The van der Waals surface area contributed by atoms with Crippen molar-refractivity contribution in [3.05, 3.63) is 41.5 Å². The van der Waals surface area contributed by atoms with Gasteiger partial charge in [0.2, 0.25) is 11.8 Å². The molecule has 1 fully saturated rings. The summed E-state index contributed by atoms with van der Waals surface area (Å²) in [5.41, 5.74) is -0.335. The Morgan fingerprint density at radius 1 is 1.00 bits per heavy atom. The molecule has 0 aromatic heterocycles. The number of piperazine rings is 1. The molecule has 4 amide bonds. The third kappa shape index (κ3) is 6.81. The van der Waals surface area contributed by atoms with Gasteiger partial charge in [0.05, 0.1) is 12.1 Å². The third-order valence-electron chi connectivity index (χ3n) is 4.33. The fourth-order valence-electron chi connectivity index (χ4n) is 2.71. The van der Waals surface area contributed by atoms with E-state index in [1.807, 2.05) is 6.92 Å². The summed E-state index contributed by atoms with van der Waals surface area (Å²) in [6, 6.07) is 4.21. The van der Waals surface area contributed by atoms with Gasteiger partial charge in [0.1, 0.15) is 0 Å². The first-order valence-corrected chi connectivity index (χ1v) is 9.14. The molecule has 1 heterocycles. The normalized spacial score (nSPS) is 14.8. The molecule has 1 aliphatic heterocycles. The Hall–Kier alpha value is -3.04. The van der Waals surface area contributed by atoms with E-state index in [4.69, 9.17) is 0 Å². The summed E-state index contributed by atoms with van der Waals surface area (Å²) in [5, 5.41) is 5.15. The highest BCUT2D eigenvalue weighted by Crippen LogP contribution is 2.29. The van der Waals surface area contributed by atoms with Crippen molar-refractivity contribution < 1.29 is 27.6 Å². The average molecular weight is 412 g/mol. The van der Waals surface area contributed by atoms with Gasteiger partial charge in [-0.15, -0.1) is 0 Å². The minimum Gasteiger partial charge on any atom is -0.343 e. The van der Waals surface area contributed by atoms with E-state index in [9.17, 15) is 27.6 Å². The summed E-state index contributed by atoms with van der Waals surface area (Å²) in [5.74, 6) is -0.795. The number of benzene rings is 1. The van der Waals surface area contributed by atoms with Crippen LogP contribution in [0.15, 0.2) is 30.3 Å². The summed E-state index contributed by atoms with van der Waals surface area (Å²) in [6.07, 6.45) is -1.89. The van der Waals surface area contributed by atoms with Crippen LogP contribution in [-0.4, -0.2) is 66.9 Å². The van der Waals surface area contributed by atoms with Crippen LogP contribution in [0, 0.1) is 0 Å². The van der Waals surface area contributed by atoms with Crippen molar-refractivity contribution >= 4 is 23.9 Å². The monoisotopic (exact) mass is 412 g/mol. The van der Waals surface area contributed by atoms with Crippen LogP contribution in [0.1, 0.15) is 18.1 Å². The van der Waals surface area contributed by atoms with Gasteiger partial charge >= 0.3 is 12.2 Å². The van der Waals surface area contributed by atoms with E-state index in [0.29, 0.717) is 38.3 Å². The number of nitrogens with zero attached hydrogens (tertiary/aromatic N) is 2. The van der Waals surface area contributed by atoms with E-state index in [0.717, 1.165) is 18.2 Å². The van der Waals surface area contributed by atoms with E-state index >= 15 is 0 Å². The van der Waals surface area contributed by atoms with Crippen molar-refractivity contribution in [2.45, 2.75) is 13.1 Å². The van der Waals surface area contributed by atoms with Crippen LogP contribution in [0.5, 0.6) is 0 Å². The molecule has 0 bridgehead atoms. The van der Waals surface area contributed by atoms with Crippen LogP contribution in [0.25, 0.3) is 6.08 Å². The maximum Gasteiger partial charge on any atom is 0.416 e. The predicted molar refractivity (Wildman–Crippen MR) is 101 cm³/mol. The highest BCUT2D eigenvalue weighted by Gasteiger charge is 2.29. The highest BCUT2D eigenvalue weighted by molar-refractivity contribution is 5.94. The lowest BCUT2D eigenvalue weighted by Crippen LogP contribution is -2.54. The summed E-state index contributed by atoms with van der Waals surface area (Å²) in [6.45, 7) is 3.76. The van der Waals surface area contributed by atoms with Gasteiger partial charge in [0, 0.05) is 38.8 Å². The van der Waals surface area contributed by atoms with E-state index in [2.05, 4.69) is 10.6 Å². The topological polar surface area (TPSA) is 81.8 Å². The van der Waals surface area contributed by atoms with Gasteiger partial charge < -0.3 is 20.4 Å². The number of amides is 4. The van der Waals surface area contributed by atoms with Crippen LogP contribution in [0.3, 0.4) is 0 Å². The number of urea groups is 1. The number of rotatable bonds is 5. The van der Waals surface area contributed by atoms with Crippen molar-refractivity contribution in [1.29, 1.82) is 0 Å². The van der Waals surface area contributed by atoms with Crippen molar-refractivity contribution in [3.63, 3.8) is 0 Å². The second kappa shape index (κ2) is 9.94. The Kier molecular flexibility index (Phi) is 7.63. The van der Waals surface area contributed by atoms with Crippen LogP contribution in [0.4, 0.5) is 18.0 Å². The number of hydrogen-bond donors (Lipinski definition) is 2. The smallest absolute Gasteiger partial charge is 0.343 e. The third-order valence-corrected chi connectivity index (χ3v) is 4.33. The van der Waals surface area contributed by atoms with Crippen molar-refractivity contribution in [1.82, 2.24) is 20.4 Å². The molecule has 0 saturated carbocycles. The molecule has 29 heavy (non-hydrogen) atoms.